The van der Waals surface area contributed by atoms with E-state index in [1.807, 2.05) is 50.0 Å². The van der Waals surface area contributed by atoms with Crippen molar-refractivity contribution in [1.29, 1.82) is 0 Å². The van der Waals surface area contributed by atoms with Crippen molar-refractivity contribution in [1.82, 2.24) is 15.1 Å². The molecule has 0 radical (unpaired) electrons. The Labute approximate surface area is 203 Å². The van der Waals surface area contributed by atoms with Crippen LogP contribution in [0.4, 0.5) is 0 Å². The maximum Gasteiger partial charge on any atom is 0.353 e. The third-order valence-electron chi connectivity index (χ3n) is 7.24. The van der Waals surface area contributed by atoms with E-state index in [2.05, 4.69) is 5.32 Å². The maximum absolute atomic E-state index is 13.0. The van der Waals surface area contributed by atoms with E-state index in [0.717, 1.165) is 12.1 Å². The largest absolute Gasteiger partial charge is 0.477 e. The van der Waals surface area contributed by atoms with Crippen LogP contribution < -0.4 is 9.88 Å². The van der Waals surface area contributed by atoms with Crippen molar-refractivity contribution >= 4 is 29.5 Å². The molecule has 34 heavy (non-hydrogen) atoms. The van der Waals surface area contributed by atoms with Gasteiger partial charge in [-0.15, -0.1) is 11.8 Å². The van der Waals surface area contributed by atoms with Crippen LogP contribution in [0.3, 0.4) is 0 Å². The fourth-order valence-electron chi connectivity index (χ4n) is 5.32. The number of carboxylic acids is 1. The number of β-lactam (4-membered cyclic amide) rings is 1. The smallest absolute Gasteiger partial charge is 0.353 e. The number of fused-ring (bicyclic) bond motifs is 1. The topological polar surface area (TPSA) is 114 Å². The van der Waals surface area contributed by atoms with E-state index in [4.69, 9.17) is 0 Å². The Kier molecular flexibility index (Phi) is 7.02. The number of rotatable bonds is 8. The molecule has 0 spiro atoms. The van der Waals surface area contributed by atoms with Crippen LogP contribution in [0.2, 0.25) is 0 Å². The number of pyridine rings is 1. The normalized spacial score (nSPS) is 29.1. The summed E-state index contributed by atoms with van der Waals surface area (Å²) in [5.41, 5.74) is 1.18. The molecule has 2 fully saturated rings. The molecule has 3 aliphatic heterocycles. The summed E-state index contributed by atoms with van der Waals surface area (Å²) < 4.78 is 2.05. The van der Waals surface area contributed by atoms with E-state index in [-0.39, 0.29) is 40.8 Å². The van der Waals surface area contributed by atoms with Gasteiger partial charge >= 0.3 is 5.97 Å². The molecule has 10 heteroatoms. The Hall–Kier alpha value is -2.43. The van der Waals surface area contributed by atoms with E-state index >= 15 is 0 Å². The second kappa shape index (κ2) is 9.67. The van der Waals surface area contributed by atoms with Crippen LogP contribution in [-0.4, -0.2) is 81.4 Å². The first-order chi connectivity index (χ1) is 16.1. The molecule has 6 unspecified atom stereocenters. The highest BCUT2D eigenvalue weighted by molar-refractivity contribution is 8.03. The zero-order valence-corrected chi connectivity index (χ0v) is 20.8. The number of carbonyl (C=O) groups is 3. The van der Waals surface area contributed by atoms with Crippen molar-refractivity contribution in [2.24, 2.45) is 18.9 Å². The van der Waals surface area contributed by atoms with Crippen molar-refractivity contribution in [3.05, 3.63) is 40.7 Å². The van der Waals surface area contributed by atoms with Gasteiger partial charge in [0.15, 0.2) is 11.9 Å². The van der Waals surface area contributed by atoms with Gasteiger partial charge in [0.05, 0.1) is 30.5 Å². The van der Waals surface area contributed by atoms with Gasteiger partial charge in [0.25, 0.3) is 0 Å². The lowest BCUT2D eigenvalue weighted by molar-refractivity contribution is -0.679. The van der Waals surface area contributed by atoms with Gasteiger partial charge in [0.1, 0.15) is 12.7 Å². The van der Waals surface area contributed by atoms with Gasteiger partial charge in [0, 0.05) is 48.3 Å². The molecule has 2 amide bonds. The molecule has 184 valence electrons. The highest BCUT2D eigenvalue weighted by atomic mass is 32.2. The molecule has 1 aromatic heterocycles. The minimum atomic E-state index is -1.12. The van der Waals surface area contributed by atoms with Crippen LogP contribution in [0, 0.1) is 11.8 Å². The number of nitrogens with one attached hydrogen (secondary N) is 1. The summed E-state index contributed by atoms with van der Waals surface area (Å²) in [5, 5.41) is 23.2. The summed E-state index contributed by atoms with van der Waals surface area (Å²) in [6, 6.07) is 5.37. The molecule has 1 aromatic rings. The average Bonchev–Trinajstić information content (AvgIpc) is 3.34. The first-order valence-electron chi connectivity index (χ1n) is 11.7. The first-order valence-corrected chi connectivity index (χ1v) is 12.6. The molecule has 4 rings (SSSR count). The van der Waals surface area contributed by atoms with Crippen molar-refractivity contribution in [2.45, 2.75) is 50.1 Å². The number of aliphatic hydroxyl groups excluding tert-OH is 1. The van der Waals surface area contributed by atoms with E-state index in [1.54, 1.807) is 11.8 Å². The number of hydrogen-bond donors (Lipinski definition) is 3. The van der Waals surface area contributed by atoms with Crippen molar-refractivity contribution < 1.29 is 29.2 Å². The molecular formula is C24H33N4O5S+. The lowest BCUT2D eigenvalue weighted by Gasteiger charge is -2.46. The summed E-state index contributed by atoms with van der Waals surface area (Å²) >= 11 is 1.45. The number of nitrogens with zero attached hydrogens (tertiary/aromatic N) is 3. The number of likely N-dealkylation sites (N-methyl/N-ethyl adjacent to an activating group) is 1. The third-order valence-corrected chi connectivity index (χ3v) is 8.75. The molecule has 6 atom stereocenters. The summed E-state index contributed by atoms with van der Waals surface area (Å²) in [7, 11) is 3.80. The van der Waals surface area contributed by atoms with Gasteiger partial charge in [-0.3, -0.25) is 9.59 Å². The third kappa shape index (κ3) is 4.34. The van der Waals surface area contributed by atoms with Crippen LogP contribution in [0.1, 0.15) is 26.0 Å². The minimum absolute atomic E-state index is 0.0277. The van der Waals surface area contributed by atoms with E-state index in [0.29, 0.717) is 24.4 Å². The van der Waals surface area contributed by atoms with E-state index in [1.165, 1.54) is 16.7 Å². The summed E-state index contributed by atoms with van der Waals surface area (Å²) in [4.78, 5) is 41.3. The van der Waals surface area contributed by atoms with Gasteiger partial charge < -0.3 is 25.3 Å². The minimum Gasteiger partial charge on any atom is -0.477 e. The molecule has 3 N–H and O–H groups in total. The van der Waals surface area contributed by atoms with Crippen LogP contribution in [-0.2, 0) is 27.9 Å². The quantitative estimate of drug-likeness (QED) is 0.351. The SMILES string of the molecule is CC(O)C1C(=O)N2C(C(=O)O)=C(SC3CNC(C(=O)N(C)CCc4cccc[n+]4C)C3)C(C)C12. The van der Waals surface area contributed by atoms with Crippen LogP contribution in [0.25, 0.3) is 0 Å². The Balaban J connectivity index is 1.38. The molecule has 3 aliphatic rings. The molecule has 0 bridgehead atoms. The number of carboxylic acid groups (broad SMARTS) is 1. The predicted octanol–water partition coefficient (Wildman–Crippen LogP) is 0.129. The number of amides is 2. The lowest BCUT2D eigenvalue weighted by atomic mass is 9.79. The second-order valence-electron chi connectivity index (χ2n) is 9.52. The van der Waals surface area contributed by atoms with Gasteiger partial charge in [0.2, 0.25) is 11.8 Å². The number of aromatic nitrogens is 1. The van der Waals surface area contributed by atoms with E-state index in [9.17, 15) is 24.6 Å². The molecule has 0 aliphatic carbocycles. The van der Waals surface area contributed by atoms with Crippen molar-refractivity contribution in [3.8, 4) is 0 Å². The van der Waals surface area contributed by atoms with Crippen LogP contribution in [0.15, 0.2) is 35.0 Å². The Morgan fingerprint density at radius 3 is 2.76 bits per heavy atom. The van der Waals surface area contributed by atoms with Gasteiger partial charge in [-0.2, -0.15) is 0 Å². The van der Waals surface area contributed by atoms with Gasteiger partial charge in [-0.05, 0) is 13.3 Å². The highest BCUT2D eigenvalue weighted by Crippen LogP contribution is 2.51. The Morgan fingerprint density at radius 2 is 2.12 bits per heavy atom. The Bertz CT molecular complexity index is 1030. The molecule has 2 saturated heterocycles. The second-order valence-corrected chi connectivity index (χ2v) is 10.9. The number of aliphatic hydroxyl groups is 1. The molecular weight excluding hydrogens is 456 g/mol. The number of hydrogen-bond acceptors (Lipinski definition) is 6. The van der Waals surface area contributed by atoms with Crippen LogP contribution in [0.5, 0.6) is 0 Å². The summed E-state index contributed by atoms with van der Waals surface area (Å²) in [6.45, 7) is 4.69. The summed E-state index contributed by atoms with van der Waals surface area (Å²) in [5.74, 6) is -2.16. The average molecular weight is 490 g/mol. The standard InChI is InChI=1S/C24H32N4O5S/c1-13-19-18(14(2)29)23(31)28(19)20(24(32)33)21(13)34-16-11-17(25-12-16)22(30)27(4)10-8-15-7-5-6-9-26(15)3/h5-7,9,13-14,16-19,25,29H,8,10-12H2,1-4H3/p+1. The fourth-order valence-corrected chi connectivity index (χ4v) is 6.80. The van der Waals surface area contributed by atoms with Gasteiger partial charge in [-0.1, -0.05) is 13.0 Å². The van der Waals surface area contributed by atoms with Crippen molar-refractivity contribution in [2.75, 3.05) is 20.1 Å². The molecule has 0 aromatic carbocycles. The highest BCUT2D eigenvalue weighted by Gasteiger charge is 2.60. The monoisotopic (exact) mass is 489 g/mol. The van der Waals surface area contributed by atoms with E-state index < -0.39 is 18.0 Å². The molecule has 4 heterocycles. The van der Waals surface area contributed by atoms with Gasteiger partial charge in [-0.25, -0.2) is 9.36 Å². The number of thioether (sulfide) groups is 1. The predicted molar refractivity (Wildman–Crippen MR) is 126 cm³/mol. The number of carbonyl (C=O) groups excluding carboxylic acids is 2. The Morgan fingerprint density at radius 1 is 1.38 bits per heavy atom. The first kappa shape index (κ1) is 24.7. The number of aryl methyl sites for hydroxylation is 1. The van der Waals surface area contributed by atoms with Crippen molar-refractivity contribution in [3.63, 3.8) is 0 Å². The molecule has 9 nitrogen and oxygen atoms in total. The number of aliphatic carboxylic acids is 1. The van der Waals surface area contributed by atoms with Crippen LogP contribution >= 0.6 is 11.8 Å². The molecule has 0 saturated carbocycles. The lowest BCUT2D eigenvalue weighted by Crippen LogP contribution is -2.63. The fraction of sp³-hybridized carbons (Fsp3) is 0.583. The maximum atomic E-state index is 13.0. The zero-order chi connectivity index (χ0) is 24.7. The summed E-state index contributed by atoms with van der Waals surface area (Å²) in [6.07, 6.45) is 2.52. The zero-order valence-electron chi connectivity index (χ0n) is 20.0.